The molecule has 0 heterocycles. The van der Waals surface area contributed by atoms with E-state index in [4.69, 9.17) is 14.7 Å². The predicted molar refractivity (Wildman–Crippen MR) is 108 cm³/mol. The first-order valence-corrected chi connectivity index (χ1v) is 9.18. The fourth-order valence-corrected chi connectivity index (χ4v) is 2.33. The summed E-state index contributed by atoms with van der Waals surface area (Å²) >= 11 is 0. The number of nitrogens with one attached hydrogen (secondary N) is 2. The van der Waals surface area contributed by atoms with Crippen molar-refractivity contribution >= 4 is 11.8 Å². The van der Waals surface area contributed by atoms with Gasteiger partial charge in [0.15, 0.2) is 12.7 Å². The third-order valence-electron chi connectivity index (χ3n) is 4.08. The van der Waals surface area contributed by atoms with Crippen molar-refractivity contribution in [1.82, 2.24) is 10.9 Å². The summed E-state index contributed by atoms with van der Waals surface area (Å²) in [6, 6.07) is 15.9. The molecule has 1 atom stereocenters. The van der Waals surface area contributed by atoms with E-state index < -0.39 is 17.9 Å². The third-order valence-corrected chi connectivity index (χ3v) is 4.08. The van der Waals surface area contributed by atoms with Crippen LogP contribution in [0.1, 0.15) is 38.8 Å². The van der Waals surface area contributed by atoms with E-state index in [2.05, 4.69) is 31.6 Å². The molecule has 0 saturated heterocycles. The molecule has 0 radical (unpaired) electrons. The lowest BCUT2D eigenvalue weighted by Gasteiger charge is -2.20. The van der Waals surface area contributed by atoms with Gasteiger partial charge in [0.05, 0.1) is 11.6 Å². The summed E-state index contributed by atoms with van der Waals surface area (Å²) < 4.78 is 10.9. The maximum absolute atomic E-state index is 12.1. The fourth-order valence-electron chi connectivity index (χ4n) is 2.33. The molecule has 7 heteroatoms. The zero-order chi connectivity index (χ0) is 21.4. The van der Waals surface area contributed by atoms with Crippen LogP contribution in [0.2, 0.25) is 0 Å². The Hall–Kier alpha value is -3.53. The molecule has 2 rings (SSSR count). The summed E-state index contributed by atoms with van der Waals surface area (Å²) in [7, 11) is 0. The lowest BCUT2D eigenvalue weighted by Crippen LogP contribution is -2.48. The van der Waals surface area contributed by atoms with Gasteiger partial charge in [0, 0.05) is 0 Å². The monoisotopic (exact) mass is 395 g/mol. The lowest BCUT2D eigenvalue weighted by molar-refractivity contribution is -0.133. The van der Waals surface area contributed by atoms with Gasteiger partial charge in [0.25, 0.3) is 11.8 Å². The number of nitrogens with zero attached hydrogens (tertiary/aromatic N) is 1. The van der Waals surface area contributed by atoms with Crippen LogP contribution in [0.15, 0.2) is 48.5 Å². The number of amides is 2. The van der Waals surface area contributed by atoms with Crippen LogP contribution in [0, 0.1) is 11.3 Å². The van der Waals surface area contributed by atoms with Crippen molar-refractivity contribution in [2.75, 3.05) is 6.61 Å². The van der Waals surface area contributed by atoms with E-state index in [0.717, 1.165) is 5.56 Å². The maximum Gasteiger partial charge on any atom is 0.279 e. The Labute approximate surface area is 170 Å². The molecule has 0 aliphatic rings. The van der Waals surface area contributed by atoms with Crippen LogP contribution in [-0.4, -0.2) is 24.5 Å². The van der Waals surface area contributed by atoms with Crippen molar-refractivity contribution in [3.05, 3.63) is 59.7 Å². The van der Waals surface area contributed by atoms with Gasteiger partial charge < -0.3 is 9.47 Å². The van der Waals surface area contributed by atoms with E-state index in [-0.39, 0.29) is 12.0 Å². The van der Waals surface area contributed by atoms with Gasteiger partial charge in [-0.25, -0.2) is 0 Å². The smallest absolute Gasteiger partial charge is 0.279 e. The summed E-state index contributed by atoms with van der Waals surface area (Å²) in [6.07, 6.45) is -0.796. The highest BCUT2D eigenvalue weighted by molar-refractivity contribution is 5.85. The van der Waals surface area contributed by atoms with E-state index in [1.165, 1.54) is 0 Å². The Balaban J connectivity index is 1.75. The molecule has 0 unspecified atom stereocenters. The average molecular weight is 395 g/mol. The number of ether oxygens (including phenoxy) is 2. The second-order valence-electron chi connectivity index (χ2n) is 7.50. The van der Waals surface area contributed by atoms with Crippen LogP contribution in [0.3, 0.4) is 0 Å². The van der Waals surface area contributed by atoms with Gasteiger partial charge in [-0.05, 0) is 54.3 Å². The van der Waals surface area contributed by atoms with E-state index in [1.54, 1.807) is 31.2 Å². The standard InChI is InChI=1S/C22H25N3O4/c1-15(29-19-11-7-17(8-12-19)22(2,3)4)21(27)25-24-20(26)14-28-18-9-5-16(13-23)6-10-18/h5-12,15H,14H2,1-4H3,(H,24,26)(H,25,27)/t15-/m1/s1. The van der Waals surface area contributed by atoms with Gasteiger partial charge in [-0.15, -0.1) is 0 Å². The highest BCUT2D eigenvalue weighted by Crippen LogP contribution is 2.24. The molecule has 0 aliphatic carbocycles. The molecule has 2 aromatic carbocycles. The van der Waals surface area contributed by atoms with Crippen LogP contribution in [0.4, 0.5) is 0 Å². The molecule has 0 saturated carbocycles. The largest absolute Gasteiger partial charge is 0.484 e. The molecule has 2 aromatic rings. The first kappa shape index (κ1) is 21.8. The Bertz CT molecular complexity index is 878. The number of benzene rings is 2. The molecule has 0 aliphatic heterocycles. The van der Waals surface area contributed by atoms with Gasteiger partial charge in [-0.1, -0.05) is 32.9 Å². The number of hydrogen-bond donors (Lipinski definition) is 2. The quantitative estimate of drug-likeness (QED) is 0.733. The highest BCUT2D eigenvalue weighted by Gasteiger charge is 2.17. The van der Waals surface area contributed by atoms with E-state index in [0.29, 0.717) is 17.1 Å². The number of nitriles is 1. The van der Waals surface area contributed by atoms with Crippen molar-refractivity contribution in [3.63, 3.8) is 0 Å². The highest BCUT2D eigenvalue weighted by atomic mass is 16.5. The van der Waals surface area contributed by atoms with Crippen molar-refractivity contribution < 1.29 is 19.1 Å². The Morgan fingerprint density at radius 3 is 2.14 bits per heavy atom. The van der Waals surface area contributed by atoms with Crippen LogP contribution >= 0.6 is 0 Å². The normalized spacial score (nSPS) is 11.7. The zero-order valence-corrected chi connectivity index (χ0v) is 17.0. The predicted octanol–water partition coefficient (Wildman–Crippen LogP) is 2.85. The Kier molecular flexibility index (Phi) is 7.21. The second kappa shape index (κ2) is 9.60. The van der Waals surface area contributed by atoms with Crippen LogP contribution in [-0.2, 0) is 15.0 Å². The minimum atomic E-state index is -0.796. The molecule has 29 heavy (non-hydrogen) atoms. The number of hydrazine groups is 1. The molecular formula is C22H25N3O4. The van der Waals surface area contributed by atoms with Gasteiger partial charge in [-0.3, -0.25) is 20.4 Å². The molecule has 0 aromatic heterocycles. The first-order chi connectivity index (χ1) is 13.7. The number of carbonyl (C=O) groups is 2. The molecule has 2 N–H and O–H groups in total. The summed E-state index contributed by atoms with van der Waals surface area (Å²) in [4.78, 5) is 23.9. The number of carbonyl (C=O) groups excluding carboxylic acids is 2. The lowest BCUT2D eigenvalue weighted by atomic mass is 9.87. The van der Waals surface area contributed by atoms with Gasteiger partial charge in [0.2, 0.25) is 0 Å². The Morgan fingerprint density at radius 1 is 1.00 bits per heavy atom. The van der Waals surface area contributed by atoms with Crippen LogP contribution in [0.5, 0.6) is 11.5 Å². The zero-order valence-electron chi connectivity index (χ0n) is 17.0. The molecule has 0 bridgehead atoms. The molecular weight excluding hydrogens is 370 g/mol. The van der Waals surface area contributed by atoms with Crippen LogP contribution < -0.4 is 20.3 Å². The number of hydrogen-bond acceptors (Lipinski definition) is 5. The van der Waals surface area contributed by atoms with Gasteiger partial charge in [-0.2, -0.15) is 5.26 Å². The number of rotatable bonds is 6. The summed E-state index contributed by atoms with van der Waals surface area (Å²) in [5.74, 6) is -0.00179. The molecule has 2 amide bonds. The summed E-state index contributed by atoms with van der Waals surface area (Å²) in [5, 5.41) is 8.75. The van der Waals surface area contributed by atoms with Gasteiger partial charge >= 0.3 is 0 Å². The fraction of sp³-hybridized carbons (Fsp3) is 0.318. The van der Waals surface area contributed by atoms with Crippen LogP contribution in [0.25, 0.3) is 0 Å². The SMILES string of the molecule is C[C@@H](Oc1ccc(C(C)(C)C)cc1)C(=O)NNC(=O)COc1ccc(C#N)cc1. The minimum Gasteiger partial charge on any atom is -0.484 e. The molecule has 0 spiro atoms. The second-order valence-corrected chi connectivity index (χ2v) is 7.50. The summed E-state index contributed by atoms with van der Waals surface area (Å²) in [6.45, 7) is 7.66. The van der Waals surface area contributed by atoms with E-state index in [1.807, 2.05) is 30.3 Å². The Morgan fingerprint density at radius 2 is 1.59 bits per heavy atom. The molecule has 152 valence electrons. The first-order valence-electron chi connectivity index (χ1n) is 9.18. The average Bonchev–Trinajstić information content (AvgIpc) is 2.70. The van der Waals surface area contributed by atoms with E-state index >= 15 is 0 Å². The molecule has 7 nitrogen and oxygen atoms in total. The van der Waals surface area contributed by atoms with E-state index in [9.17, 15) is 9.59 Å². The maximum atomic E-state index is 12.1. The molecule has 0 fully saturated rings. The topological polar surface area (TPSA) is 100 Å². The van der Waals surface area contributed by atoms with Crippen molar-refractivity contribution in [2.24, 2.45) is 0 Å². The van der Waals surface area contributed by atoms with Crippen molar-refractivity contribution in [3.8, 4) is 17.6 Å². The third kappa shape index (κ3) is 6.85. The summed E-state index contributed by atoms with van der Waals surface area (Å²) in [5.41, 5.74) is 6.27. The van der Waals surface area contributed by atoms with Gasteiger partial charge in [0.1, 0.15) is 11.5 Å². The minimum absolute atomic E-state index is 0.0334. The van der Waals surface area contributed by atoms with Crippen molar-refractivity contribution in [2.45, 2.75) is 39.2 Å². The van der Waals surface area contributed by atoms with Crippen molar-refractivity contribution in [1.29, 1.82) is 5.26 Å².